The maximum Gasteiger partial charge on any atom is 0.291 e. The first-order valence-corrected chi connectivity index (χ1v) is 6.54. The molecular formula is C14H8FNO3S. The summed E-state index contributed by atoms with van der Waals surface area (Å²) in [7, 11) is 0. The normalized spacial score (nSPS) is 16.8. The van der Waals surface area contributed by atoms with Crippen molar-refractivity contribution in [2.75, 3.05) is 0 Å². The molecule has 1 saturated heterocycles. The van der Waals surface area contributed by atoms with Crippen LogP contribution in [0.2, 0.25) is 0 Å². The topological polar surface area (TPSA) is 59.3 Å². The van der Waals surface area contributed by atoms with Gasteiger partial charge in [-0.05, 0) is 36.4 Å². The average Bonchev–Trinajstić information content (AvgIpc) is 2.98. The maximum absolute atomic E-state index is 12.8. The highest BCUT2D eigenvalue weighted by Crippen LogP contribution is 2.25. The molecule has 1 fully saturated rings. The predicted molar refractivity (Wildman–Crippen MR) is 73.2 cm³/mol. The van der Waals surface area contributed by atoms with Crippen molar-refractivity contribution in [3.8, 4) is 11.3 Å². The molecule has 0 radical (unpaired) electrons. The van der Waals surface area contributed by atoms with Gasteiger partial charge in [0.05, 0.1) is 0 Å². The smallest absolute Gasteiger partial charge is 0.291 e. The molecule has 4 nitrogen and oxygen atoms in total. The number of rotatable bonds is 2. The number of thioether (sulfide) groups is 1. The van der Waals surface area contributed by atoms with Crippen molar-refractivity contribution in [1.29, 1.82) is 0 Å². The number of benzene rings is 1. The fraction of sp³-hybridized carbons (Fsp3) is 0. The summed E-state index contributed by atoms with van der Waals surface area (Å²) in [6.45, 7) is 0. The maximum atomic E-state index is 12.8. The predicted octanol–water partition coefficient (Wildman–Crippen LogP) is 3.41. The number of nitrogens with one attached hydrogen (secondary N) is 1. The second-order valence-electron chi connectivity index (χ2n) is 4.07. The van der Waals surface area contributed by atoms with Gasteiger partial charge in [-0.15, -0.1) is 0 Å². The number of hydrogen-bond donors (Lipinski definition) is 1. The van der Waals surface area contributed by atoms with E-state index < -0.39 is 5.24 Å². The molecule has 0 unspecified atom stereocenters. The monoisotopic (exact) mass is 289 g/mol. The molecule has 1 aliphatic heterocycles. The molecule has 1 aromatic heterocycles. The summed E-state index contributed by atoms with van der Waals surface area (Å²) in [4.78, 5) is 22.5. The number of carbonyl (C=O) groups is 2. The summed E-state index contributed by atoms with van der Waals surface area (Å²) in [5.74, 6) is 0.677. The molecule has 0 bridgehead atoms. The Morgan fingerprint density at radius 2 is 1.85 bits per heavy atom. The van der Waals surface area contributed by atoms with Gasteiger partial charge in [-0.25, -0.2) is 4.39 Å². The van der Waals surface area contributed by atoms with Crippen molar-refractivity contribution in [2.24, 2.45) is 0 Å². The minimum absolute atomic E-state index is 0.194. The quantitative estimate of drug-likeness (QED) is 0.861. The van der Waals surface area contributed by atoms with E-state index in [1.54, 1.807) is 24.3 Å². The Kier molecular flexibility index (Phi) is 3.15. The molecule has 1 aliphatic rings. The third-order valence-electron chi connectivity index (χ3n) is 2.68. The van der Waals surface area contributed by atoms with E-state index in [-0.39, 0.29) is 16.6 Å². The van der Waals surface area contributed by atoms with E-state index in [2.05, 4.69) is 5.32 Å². The van der Waals surface area contributed by atoms with Crippen molar-refractivity contribution in [2.45, 2.75) is 0 Å². The van der Waals surface area contributed by atoms with Crippen LogP contribution in [-0.2, 0) is 4.79 Å². The van der Waals surface area contributed by atoms with Crippen LogP contribution in [0.15, 0.2) is 46.5 Å². The molecule has 0 saturated carbocycles. The minimum Gasteiger partial charge on any atom is -0.457 e. The summed E-state index contributed by atoms with van der Waals surface area (Å²) in [5, 5.41) is 1.70. The van der Waals surface area contributed by atoms with Crippen LogP contribution in [0.25, 0.3) is 17.4 Å². The van der Waals surface area contributed by atoms with Crippen LogP contribution < -0.4 is 5.32 Å². The van der Waals surface area contributed by atoms with E-state index in [9.17, 15) is 14.0 Å². The zero-order chi connectivity index (χ0) is 14.1. The van der Waals surface area contributed by atoms with Crippen LogP contribution in [0.1, 0.15) is 5.76 Å². The number of amides is 1. The zero-order valence-electron chi connectivity index (χ0n) is 10.1. The first-order valence-electron chi connectivity index (χ1n) is 5.72. The molecule has 0 aliphatic carbocycles. The second kappa shape index (κ2) is 4.97. The summed E-state index contributed by atoms with van der Waals surface area (Å²) in [6, 6.07) is 9.27. The van der Waals surface area contributed by atoms with Gasteiger partial charge in [0.2, 0.25) is 5.12 Å². The van der Waals surface area contributed by atoms with Gasteiger partial charge in [0.15, 0.2) is 0 Å². The Hall–Kier alpha value is -2.34. The molecule has 1 N–H and O–H groups in total. The van der Waals surface area contributed by atoms with Gasteiger partial charge in [-0.3, -0.25) is 9.59 Å². The van der Waals surface area contributed by atoms with E-state index in [1.165, 1.54) is 18.2 Å². The van der Waals surface area contributed by atoms with E-state index in [0.717, 1.165) is 5.56 Å². The van der Waals surface area contributed by atoms with E-state index in [4.69, 9.17) is 4.42 Å². The summed E-state index contributed by atoms with van der Waals surface area (Å²) < 4.78 is 18.4. The van der Waals surface area contributed by atoms with Crippen LogP contribution in [-0.4, -0.2) is 10.4 Å². The van der Waals surface area contributed by atoms with Crippen LogP contribution >= 0.6 is 11.8 Å². The minimum atomic E-state index is -0.397. The van der Waals surface area contributed by atoms with Crippen molar-refractivity contribution in [1.82, 2.24) is 5.32 Å². The van der Waals surface area contributed by atoms with Crippen LogP contribution in [0.5, 0.6) is 0 Å². The fourth-order valence-corrected chi connectivity index (χ4v) is 2.31. The van der Waals surface area contributed by atoms with Crippen molar-refractivity contribution >= 4 is 28.2 Å². The van der Waals surface area contributed by atoms with Gasteiger partial charge in [0.1, 0.15) is 23.0 Å². The lowest BCUT2D eigenvalue weighted by Crippen LogP contribution is -2.10. The highest BCUT2D eigenvalue weighted by molar-refractivity contribution is 8.27. The van der Waals surface area contributed by atoms with E-state index >= 15 is 0 Å². The second-order valence-corrected chi connectivity index (χ2v) is 5.01. The fourth-order valence-electron chi connectivity index (χ4n) is 1.76. The molecular weight excluding hydrogens is 281 g/mol. The number of hydrogen-bond acceptors (Lipinski definition) is 4. The Bertz CT molecular complexity index is 718. The highest BCUT2D eigenvalue weighted by Gasteiger charge is 2.25. The number of furan rings is 1. The molecule has 20 heavy (non-hydrogen) atoms. The van der Waals surface area contributed by atoms with Crippen molar-refractivity contribution in [3.63, 3.8) is 0 Å². The molecule has 0 atom stereocenters. The molecule has 6 heteroatoms. The molecule has 0 spiro atoms. The third kappa shape index (κ3) is 2.50. The Balaban J connectivity index is 1.87. The Labute approximate surface area is 117 Å². The Morgan fingerprint density at radius 1 is 1.10 bits per heavy atom. The first kappa shape index (κ1) is 12.7. The largest absolute Gasteiger partial charge is 0.457 e. The average molecular weight is 289 g/mol. The number of halogens is 1. The van der Waals surface area contributed by atoms with Crippen molar-refractivity contribution < 1.29 is 18.4 Å². The van der Waals surface area contributed by atoms with Gasteiger partial charge in [-0.2, -0.15) is 0 Å². The van der Waals surface area contributed by atoms with Crippen molar-refractivity contribution in [3.05, 3.63) is 53.7 Å². The van der Waals surface area contributed by atoms with Gasteiger partial charge < -0.3 is 9.73 Å². The highest BCUT2D eigenvalue weighted by atomic mass is 32.2. The van der Waals surface area contributed by atoms with E-state index in [1.807, 2.05) is 0 Å². The standard InChI is InChI=1S/C14H8FNO3S/c15-9-3-1-8(2-4-9)12-6-5-10(19-12)7-11-13(17)20-14(18)16-11/h1-7H,(H,16,18). The van der Waals surface area contributed by atoms with Crippen LogP contribution in [0.4, 0.5) is 9.18 Å². The van der Waals surface area contributed by atoms with Crippen LogP contribution in [0.3, 0.4) is 0 Å². The number of carbonyl (C=O) groups excluding carboxylic acids is 2. The summed E-state index contributed by atoms with van der Waals surface area (Å²) in [6.07, 6.45) is 1.47. The molecule has 2 heterocycles. The van der Waals surface area contributed by atoms with Gasteiger partial charge >= 0.3 is 0 Å². The lowest BCUT2D eigenvalue weighted by atomic mass is 10.2. The van der Waals surface area contributed by atoms with E-state index in [0.29, 0.717) is 23.3 Å². The first-order chi connectivity index (χ1) is 9.61. The van der Waals surface area contributed by atoms with Gasteiger partial charge in [0.25, 0.3) is 5.24 Å². The summed E-state index contributed by atoms with van der Waals surface area (Å²) >= 11 is 0.612. The molecule has 1 aromatic carbocycles. The zero-order valence-corrected chi connectivity index (χ0v) is 10.9. The third-order valence-corrected chi connectivity index (χ3v) is 3.38. The lowest BCUT2D eigenvalue weighted by molar-refractivity contribution is -0.107. The molecule has 2 aromatic rings. The SMILES string of the molecule is O=C1NC(=Cc2ccc(-c3ccc(F)cc3)o2)C(=O)S1. The summed E-state index contributed by atoms with van der Waals surface area (Å²) in [5.41, 5.74) is 0.923. The van der Waals surface area contributed by atoms with Crippen LogP contribution in [0, 0.1) is 5.82 Å². The Morgan fingerprint density at radius 3 is 2.50 bits per heavy atom. The van der Waals surface area contributed by atoms with Gasteiger partial charge in [0, 0.05) is 23.4 Å². The molecule has 3 rings (SSSR count). The molecule has 100 valence electrons. The molecule has 1 amide bonds. The van der Waals surface area contributed by atoms with Gasteiger partial charge in [-0.1, -0.05) is 0 Å². The lowest BCUT2D eigenvalue weighted by Gasteiger charge is -1.96.